The van der Waals surface area contributed by atoms with Crippen LogP contribution in [0.3, 0.4) is 0 Å². The molecule has 0 amide bonds. The quantitative estimate of drug-likeness (QED) is 0.805. The Balaban J connectivity index is 2.17. The molecule has 2 N–H and O–H groups in total. The van der Waals surface area contributed by atoms with E-state index in [1.807, 2.05) is 4.68 Å². The number of nitrogens with zero attached hydrogens (tertiary/aromatic N) is 3. The second-order valence-electron chi connectivity index (χ2n) is 5.35. The van der Waals surface area contributed by atoms with Crippen LogP contribution in [0.2, 0.25) is 0 Å². The van der Waals surface area contributed by atoms with Gasteiger partial charge in [-0.3, -0.25) is 4.79 Å². The van der Waals surface area contributed by atoms with Crippen molar-refractivity contribution in [3.63, 3.8) is 0 Å². The molecular weight excluding hydrogens is 232 g/mol. The molecule has 6 nitrogen and oxygen atoms in total. The number of carbonyl (C=O) groups is 1. The number of carboxylic acid groups (broad SMARTS) is 1. The number of aromatic nitrogens is 3. The van der Waals surface area contributed by atoms with Crippen molar-refractivity contribution in [2.24, 2.45) is 5.92 Å². The SMILES string of the molecule is CC(C)Cn1ncnc1CC1(C(=O)O)CCCN1. The molecule has 0 radical (unpaired) electrons. The molecule has 0 aliphatic carbocycles. The first kappa shape index (κ1) is 13.0. The van der Waals surface area contributed by atoms with Gasteiger partial charge < -0.3 is 10.4 Å². The smallest absolute Gasteiger partial charge is 0.324 e. The average molecular weight is 252 g/mol. The maximum absolute atomic E-state index is 11.5. The van der Waals surface area contributed by atoms with Crippen molar-refractivity contribution >= 4 is 5.97 Å². The summed E-state index contributed by atoms with van der Waals surface area (Å²) in [6, 6.07) is 0. The van der Waals surface area contributed by atoms with Crippen LogP contribution >= 0.6 is 0 Å². The van der Waals surface area contributed by atoms with Gasteiger partial charge in [-0.1, -0.05) is 13.8 Å². The topological polar surface area (TPSA) is 80.0 Å². The van der Waals surface area contributed by atoms with Crippen LogP contribution in [-0.2, 0) is 17.8 Å². The molecule has 0 spiro atoms. The summed E-state index contributed by atoms with van der Waals surface area (Å²) >= 11 is 0. The molecule has 1 atom stereocenters. The highest BCUT2D eigenvalue weighted by Crippen LogP contribution is 2.23. The van der Waals surface area contributed by atoms with Crippen molar-refractivity contribution in [2.75, 3.05) is 6.54 Å². The lowest BCUT2D eigenvalue weighted by atomic mass is 9.93. The maximum atomic E-state index is 11.5. The predicted octanol–water partition coefficient (Wildman–Crippen LogP) is 0.683. The monoisotopic (exact) mass is 252 g/mol. The van der Waals surface area contributed by atoms with Crippen LogP contribution < -0.4 is 5.32 Å². The van der Waals surface area contributed by atoms with Crippen molar-refractivity contribution in [2.45, 2.75) is 45.2 Å². The highest BCUT2D eigenvalue weighted by molar-refractivity contribution is 5.79. The number of hydrogen-bond acceptors (Lipinski definition) is 4. The van der Waals surface area contributed by atoms with Gasteiger partial charge in [-0.05, 0) is 25.3 Å². The van der Waals surface area contributed by atoms with Crippen molar-refractivity contribution in [1.29, 1.82) is 0 Å². The van der Waals surface area contributed by atoms with Crippen LogP contribution in [0, 0.1) is 5.92 Å². The van der Waals surface area contributed by atoms with Gasteiger partial charge >= 0.3 is 5.97 Å². The second-order valence-corrected chi connectivity index (χ2v) is 5.35. The molecule has 18 heavy (non-hydrogen) atoms. The Labute approximate surface area is 106 Å². The zero-order valence-electron chi connectivity index (χ0n) is 10.9. The summed E-state index contributed by atoms with van der Waals surface area (Å²) in [5.41, 5.74) is -0.859. The van der Waals surface area contributed by atoms with Gasteiger partial charge in [0.15, 0.2) is 0 Å². The van der Waals surface area contributed by atoms with Gasteiger partial charge in [0.05, 0.1) is 0 Å². The third kappa shape index (κ3) is 2.53. The molecule has 1 aliphatic heterocycles. The van der Waals surface area contributed by atoms with Crippen LogP contribution in [-0.4, -0.2) is 37.9 Å². The first-order valence-electron chi connectivity index (χ1n) is 6.38. The van der Waals surface area contributed by atoms with Gasteiger partial charge in [-0.2, -0.15) is 5.10 Å². The van der Waals surface area contributed by atoms with E-state index in [0.29, 0.717) is 18.8 Å². The van der Waals surface area contributed by atoms with Crippen molar-refractivity contribution in [3.05, 3.63) is 12.2 Å². The third-order valence-corrected chi connectivity index (χ3v) is 3.35. The summed E-state index contributed by atoms with van der Waals surface area (Å²) in [6.07, 6.45) is 3.44. The first-order valence-corrected chi connectivity index (χ1v) is 6.38. The largest absolute Gasteiger partial charge is 0.480 e. The fourth-order valence-corrected chi connectivity index (χ4v) is 2.41. The lowest BCUT2D eigenvalue weighted by Gasteiger charge is -2.24. The van der Waals surface area contributed by atoms with Crippen LogP contribution in [0.4, 0.5) is 0 Å². The molecule has 0 aromatic carbocycles. The minimum atomic E-state index is -0.859. The Bertz CT molecular complexity index is 421. The number of nitrogens with one attached hydrogen (secondary N) is 1. The summed E-state index contributed by atoms with van der Waals surface area (Å²) < 4.78 is 1.81. The Morgan fingerprint density at radius 3 is 3.00 bits per heavy atom. The standard InChI is InChI=1S/C12H20N4O2/c1-9(2)7-16-10(13-8-15-16)6-12(11(17)18)4-3-5-14-12/h8-9,14H,3-7H2,1-2H3,(H,17,18). The third-order valence-electron chi connectivity index (χ3n) is 3.35. The molecule has 1 aromatic heterocycles. The van der Waals surface area contributed by atoms with Crippen LogP contribution in [0.25, 0.3) is 0 Å². The summed E-state index contributed by atoms with van der Waals surface area (Å²) in [5.74, 6) is 0.419. The molecular formula is C12H20N4O2. The van der Waals surface area contributed by atoms with Gasteiger partial charge in [-0.15, -0.1) is 0 Å². The molecule has 1 fully saturated rings. The zero-order valence-corrected chi connectivity index (χ0v) is 10.9. The summed E-state index contributed by atoms with van der Waals surface area (Å²) in [6.45, 7) is 5.73. The molecule has 2 heterocycles. The molecule has 1 aliphatic rings. The van der Waals surface area contributed by atoms with E-state index < -0.39 is 11.5 Å². The Hall–Kier alpha value is -1.43. The molecule has 0 bridgehead atoms. The number of hydrogen-bond donors (Lipinski definition) is 2. The fraction of sp³-hybridized carbons (Fsp3) is 0.750. The van der Waals surface area contributed by atoms with E-state index in [1.54, 1.807) is 0 Å². The summed E-state index contributed by atoms with van der Waals surface area (Å²) in [4.78, 5) is 15.7. The van der Waals surface area contributed by atoms with Gasteiger partial charge in [0.2, 0.25) is 0 Å². The lowest BCUT2D eigenvalue weighted by Crippen LogP contribution is -2.50. The average Bonchev–Trinajstić information content (AvgIpc) is 2.89. The molecule has 1 saturated heterocycles. The molecule has 1 aromatic rings. The Morgan fingerprint density at radius 1 is 1.67 bits per heavy atom. The highest BCUT2D eigenvalue weighted by Gasteiger charge is 2.42. The van der Waals surface area contributed by atoms with Gasteiger partial charge in [0.1, 0.15) is 17.7 Å². The van der Waals surface area contributed by atoms with Crippen LogP contribution in [0.1, 0.15) is 32.5 Å². The van der Waals surface area contributed by atoms with Crippen molar-refractivity contribution in [1.82, 2.24) is 20.1 Å². The molecule has 100 valence electrons. The second kappa shape index (κ2) is 5.06. The lowest BCUT2D eigenvalue weighted by molar-refractivity contribution is -0.144. The normalized spacial score (nSPS) is 23.7. The van der Waals surface area contributed by atoms with Gasteiger partial charge in [0.25, 0.3) is 0 Å². The van der Waals surface area contributed by atoms with E-state index in [0.717, 1.165) is 25.3 Å². The van der Waals surface area contributed by atoms with Gasteiger partial charge in [-0.25, -0.2) is 9.67 Å². The first-order chi connectivity index (χ1) is 8.53. The fourth-order valence-electron chi connectivity index (χ4n) is 2.41. The minimum absolute atomic E-state index is 0.398. The minimum Gasteiger partial charge on any atom is -0.480 e. The number of carboxylic acids is 1. The van der Waals surface area contributed by atoms with E-state index in [9.17, 15) is 9.90 Å². The van der Waals surface area contributed by atoms with Gasteiger partial charge in [0, 0.05) is 13.0 Å². The Morgan fingerprint density at radius 2 is 2.44 bits per heavy atom. The number of rotatable bonds is 5. The summed E-state index contributed by atoms with van der Waals surface area (Å²) in [7, 11) is 0. The van der Waals surface area contributed by atoms with Crippen molar-refractivity contribution < 1.29 is 9.90 Å². The summed E-state index contributed by atoms with van der Waals surface area (Å²) in [5, 5.41) is 16.7. The van der Waals surface area contributed by atoms with Crippen molar-refractivity contribution in [3.8, 4) is 0 Å². The maximum Gasteiger partial charge on any atom is 0.324 e. The van der Waals surface area contributed by atoms with E-state index in [2.05, 4.69) is 29.2 Å². The predicted molar refractivity (Wildman–Crippen MR) is 66.2 cm³/mol. The molecule has 0 saturated carbocycles. The van der Waals surface area contributed by atoms with Crippen LogP contribution in [0.5, 0.6) is 0 Å². The van der Waals surface area contributed by atoms with E-state index in [-0.39, 0.29) is 0 Å². The Kier molecular flexibility index (Phi) is 3.65. The van der Waals surface area contributed by atoms with E-state index in [1.165, 1.54) is 6.33 Å². The molecule has 2 rings (SSSR count). The van der Waals surface area contributed by atoms with Crippen LogP contribution in [0.15, 0.2) is 6.33 Å². The van der Waals surface area contributed by atoms with E-state index in [4.69, 9.17) is 0 Å². The van der Waals surface area contributed by atoms with E-state index >= 15 is 0 Å². The molecule has 1 unspecified atom stereocenters. The molecule has 6 heteroatoms. The zero-order chi connectivity index (χ0) is 13.2. The highest BCUT2D eigenvalue weighted by atomic mass is 16.4. The number of aliphatic carboxylic acids is 1.